The van der Waals surface area contributed by atoms with Gasteiger partial charge in [0.15, 0.2) is 0 Å². The van der Waals surface area contributed by atoms with Crippen LogP contribution in [0.5, 0.6) is 11.5 Å². The summed E-state index contributed by atoms with van der Waals surface area (Å²) in [5.41, 5.74) is 3.03. The Bertz CT molecular complexity index is 717. The molecule has 0 aliphatic carbocycles. The lowest BCUT2D eigenvalue weighted by atomic mass is 10.1. The van der Waals surface area contributed by atoms with Gasteiger partial charge in [-0.25, -0.2) is 4.98 Å². The predicted molar refractivity (Wildman–Crippen MR) is 85.8 cm³/mol. The second-order valence-electron chi connectivity index (χ2n) is 4.54. The van der Waals surface area contributed by atoms with Gasteiger partial charge in [-0.1, -0.05) is 0 Å². The standard InChI is InChI=1S/C17H15NO2S/c1-2-20-15-9-5-12(6-10-15)16-11-21-17(18-16)13-3-7-14(19)8-4-13/h3-11,19H,2H2,1H3. The third-order valence-electron chi connectivity index (χ3n) is 3.08. The summed E-state index contributed by atoms with van der Waals surface area (Å²) in [6.07, 6.45) is 0. The molecule has 0 spiro atoms. The lowest BCUT2D eigenvalue weighted by molar-refractivity contribution is 0.340. The van der Waals surface area contributed by atoms with E-state index in [1.165, 1.54) is 0 Å². The molecule has 0 fully saturated rings. The number of hydrogen-bond donors (Lipinski definition) is 1. The van der Waals surface area contributed by atoms with Gasteiger partial charge in [-0.05, 0) is 55.5 Å². The van der Waals surface area contributed by atoms with Gasteiger partial charge in [0, 0.05) is 16.5 Å². The highest BCUT2D eigenvalue weighted by atomic mass is 32.1. The molecule has 0 saturated carbocycles. The van der Waals surface area contributed by atoms with Crippen molar-refractivity contribution in [1.82, 2.24) is 4.98 Å². The maximum atomic E-state index is 9.33. The summed E-state index contributed by atoms with van der Waals surface area (Å²) in [5, 5.41) is 12.3. The lowest BCUT2D eigenvalue weighted by Crippen LogP contribution is -1.90. The fourth-order valence-electron chi connectivity index (χ4n) is 2.03. The molecule has 2 aromatic carbocycles. The van der Waals surface area contributed by atoms with Crippen LogP contribution in [0.2, 0.25) is 0 Å². The minimum atomic E-state index is 0.266. The van der Waals surface area contributed by atoms with Gasteiger partial charge in [-0.3, -0.25) is 0 Å². The smallest absolute Gasteiger partial charge is 0.124 e. The topological polar surface area (TPSA) is 42.4 Å². The van der Waals surface area contributed by atoms with Crippen molar-refractivity contribution in [2.75, 3.05) is 6.61 Å². The Balaban J connectivity index is 1.85. The monoisotopic (exact) mass is 297 g/mol. The molecule has 1 aromatic heterocycles. The molecule has 0 atom stereocenters. The van der Waals surface area contributed by atoms with E-state index in [1.807, 2.05) is 48.7 Å². The molecule has 21 heavy (non-hydrogen) atoms. The molecular weight excluding hydrogens is 282 g/mol. The van der Waals surface area contributed by atoms with Crippen molar-refractivity contribution in [1.29, 1.82) is 0 Å². The van der Waals surface area contributed by atoms with Gasteiger partial charge < -0.3 is 9.84 Å². The summed E-state index contributed by atoms with van der Waals surface area (Å²) >= 11 is 1.59. The van der Waals surface area contributed by atoms with Gasteiger partial charge in [0.2, 0.25) is 0 Å². The fraction of sp³-hybridized carbons (Fsp3) is 0.118. The number of ether oxygens (including phenoxy) is 1. The first kappa shape index (κ1) is 13.6. The summed E-state index contributed by atoms with van der Waals surface area (Å²) in [5.74, 6) is 1.14. The Labute approximate surface area is 127 Å². The van der Waals surface area contributed by atoms with Gasteiger partial charge in [-0.15, -0.1) is 11.3 Å². The van der Waals surface area contributed by atoms with Crippen LogP contribution in [0, 0.1) is 0 Å². The SMILES string of the molecule is CCOc1ccc(-c2csc(-c3ccc(O)cc3)n2)cc1. The van der Waals surface area contributed by atoms with E-state index >= 15 is 0 Å². The number of phenols is 1. The average molecular weight is 297 g/mol. The molecule has 0 amide bonds. The molecule has 0 saturated heterocycles. The molecule has 3 aromatic rings. The Hall–Kier alpha value is -2.33. The van der Waals surface area contributed by atoms with Crippen LogP contribution < -0.4 is 4.74 Å². The number of aromatic nitrogens is 1. The Morgan fingerprint density at radius 1 is 1.00 bits per heavy atom. The van der Waals surface area contributed by atoms with Crippen molar-refractivity contribution in [3.05, 3.63) is 53.9 Å². The molecule has 4 heteroatoms. The number of aromatic hydroxyl groups is 1. The van der Waals surface area contributed by atoms with Crippen LogP contribution in [-0.4, -0.2) is 16.7 Å². The maximum absolute atomic E-state index is 9.33. The van der Waals surface area contributed by atoms with Gasteiger partial charge in [0.25, 0.3) is 0 Å². The van der Waals surface area contributed by atoms with Crippen molar-refractivity contribution in [2.45, 2.75) is 6.92 Å². The van der Waals surface area contributed by atoms with E-state index in [1.54, 1.807) is 23.5 Å². The van der Waals surface area contributed by atoms with Gasteiger partial charge in [0.1, 0.15) is 16.5 Å². The fourth-order valence-corrected chi connectivity index (χ4v) is 2.87. The normalized spacial score (nSPS) is 10.5. The molecule has 1 heterocycles. The number of benzene rings is 2. The summed E-state index contributed by atoms with van der Waals surface area (Å²) in [4.78, 5) is 4.65. The summed E-state index contributed by atoms with van der Waals surface area (Å²) in [6, 6.07) is 15.0. The van der Waals surface area contributed by atoms with Crippen molar-refractivity contribution < 1.29 is 9.84 Å². The highest BCUT2D eigenvalue weighted by Crippen LogP contribution is 2.30. The number of hydrogen-bond acceptors (Lipinski definition) is 4. The Morgan fingerprint density at radius 2 is 1.67 bits per heavy atom. The van der Waals surface area contributed by atoms with E-state index in [9.17, 15) is 5.11 Å². The number of phenolic OH excluding ortho intramolecular Hbond substituents is 1. The molecule has 3 rings (SSSR count). The molecular formula is C17H15NO2S. The third kappa shape index (κ3) is 3.06. The van der Waals surface area contributed by atoms with Crippen LogP contribution in [0.15, 0.2) is 53.9 Å². The van der Waals surface area contributed by atoms with E-state index in [0.29, 0.717) is 6.61 Å². The zero-order valence-electron chi connectivity index (χ0n) is 11.6. The van der Waals surface area contributed by atoms with E-state index < -0.39 is 0 Å². The first-order chi connectivity index (χ1) is 10.3. The largest absolute Gasteiger partial charge is 0.508 e. The van der Waals surface area contributed by atoms with E-state index in [0.717, 1.165) is 27.6 Å². The van der Waals surface area contributed by atoms with E-state index in [-0.39, 0.29) is 5.75 Å². The van der Waals surface area contributed by atoms with Crippen LogP contribution in [0.25, 0.3) is 21.8 Å². The number of thiazole rings is 1. The number of rotatable bonds is 4. The van der Waals surface area contributed by atoms with Crippen molar-refractivity contribution in [3.63, 3.8) is 0 Å². The average Bonchev–Trinajstić information content (AvgIpc) is 2.99. The molecule has 0 bridgehead atoms. The second-order valence-corrected chi connectivity index (χ2v) is 5.40. The maximum Gasteiger partial charge on any atom is 0.124 e. The highest BCUT2D eigenvalue weighted by Gasteiger charge is 2.07. The van der Waals surface area contributed by atoms with Crippen LogP contribution in [0.4, 0.5) is 0 Å². The summed E-state index contributed by atoms with van der Waals surface area (Å²) < 4.78 is 5.44. The first-order valence-corrected chi connectivity index (χ1v) is 7.62. The van der Waals surface area contributed by atoms with E-state index in [4.69, 9.17) is 4.74 Å². The molecule has 0 aliphatic heterocycles. The van der Waals surface area contributed by atoms with Crippen LogP contribution in [0.3, 0.4) is 0 Å². The summed E-state index contributed by atoms with van der Waals surface area (Å²) in [7, 11) is 0. The zero-order valence-corrected chi connectivity index (χ0v) is 12.4. The molecule has 1 N–H and O–H groups in total. The van der Waals surface area contributed by atoms with E-state index in [2.05, 4.69) is 4.98 Å². The van der Waals surface area contributed by atoms with Crippen LogP contribution in [0.1, 0.15) is 6.92 Å². The van der Waals surface area contributed by atoms with Crippen LogP contribution >= 0.6 is 11.3 Å². The molecule has 0 radical (unpaired) electrons. The van der Waals surface area contributed by atoms with Gasteiger partial charge >= 0.3 is 0 Å². The van der Waals surface area contributed by atoms with Crippen LogP contribution in [-0.2, 0) is 0 Å². The highest BCUT2D eigenvalue weighted by molar-refractivity contribution is 7.13. The first-order valence-electron chi connectivity index (χ1n) is 6.74. The minimum absolute atomic E-state index is 0.266. The van der Waals surface area contributed by atoms with Crippen molar-refractivity contribution >= 4 is 11.3 Å². The van der Waals surface area contributed by atoms with Gasteiger partial charge in [0.05, 0.1) is 12.3 Å². The summed E-state index contributed by atoms with van der Waals surface area (Å²) in [6.45, 7) is 2.64. The molecule has 106 valence electrons. The number of nitrogens with zero attached hydrogens (tertiary/aromatic N) is 1. The van der Waals surface area contributed by atoms with Gasteiger partial charge in [-0.2, -0.15) is 0 Å². The van der Waals surface area contributed by atoms with Crippen molar-refractivity contribution in [2.24, 2.45) is 0 Å². The lowest BCUT2D eigenvalue weighted by Gasteiger charge is -2.03. The minimum Gasteiger partial charge on any atom is -0.508 e. The Kier molecular flexibility index (Phi) is 3.88. The Morgan fingerprint density at radius 3 is 2.33 bits per heavy atom. The molecule has 3 nitrogen and oxygen atoms in total. The molecule has 0 aliphatic rings. The second kappa shape index (κ2) is 5.97. The zero-order chi connectivity index (χ0) is 14.7. The predicted octanol–water partition coefficient (Wildman–Crippen LogP) is 4.58. The van der Waals surface area contributed by atoms with Crippen molar-refractivity contribution in [3.8, 4) is 33.3 Å². The third-order valence-corrected chi connectivity index (χ3v) is 3.97. The quantitative estimate of drug-likeness (QED) is 0.766. The molecule has 0 unspecified atom stereocenters.